The van der Waals surface area contributed by atoms with Gasteiger partial charge in [-0.15, -0.1) is 0 Å². The molecule has 1 rings (SSSR count). The molecule has 1 aliphatic rings. The molecule has 2 atom stereocenters. The number of carbonyl (C=O) groups is 1. The quantitative estimate of drug-likeness (QED) is 0.732. The van der Waals surface area contributed by atoms with Crippen LogP contribution in [0.15, 0.2) is 0 Å². The molecule has 0 saturated carbocycles. The first-order valence-electron chi connectivity index (χ1n) is 5.59. The molecule has 4 nitrogen and oxygen atoms in total. The van der Waals surface area contributed by atoms with Crippen molar-refractivity contribution in [1.29, 1.82) is 0 Å². The van der Waals surface area contributed by atoms with Gasteiger partial charge in [0.05, 0.1) is 0 Å². The van der Waals surface area contributed by atoms with Crippen molar-refractivity contribution in [1.82, 2.24) is 10.6 Å². The van der Waals surface area contributed by atoms with Crippen LogP contribution in [0.25, 0.3) is 0 Å². The van der Waals surface area contributed by atoms with Gasteiger partial charge in [0.25, 0.3) is 0 Å². The molecule has 0 unspecified atom stereocenters. The van der Waals surface area contributed by atoms with Gasteiger partial charge in [0, 0.05) is 12.6 Å². The zero-order valence-electron chi connectivity index (χ0n) is 10.1. The summed E-state index contributed by atoms with van der Waals surface area (Å²) >= 11 is 0. The number of nitrogens with one attached hydrogen (secondary N) is 2. The van der Waals surface area contributed by atoms with Gasteiger partial charge >= 0.3 is 6.09 Å². The van der Waals surface area contributed by atoms with Crippen molar-refractivity contribution < 1.29 is 9.53 Å². The molecule has 1 fully saturated rings. The Labute approximate surface area is 91.8 Å². The minimum absolute atomic E-state index is 0.330. The maximum atomic E-state index is 11.4. The fourth-order valence-corrected chi connectivity index (χ4v) is 1.68. The fourth-order valence-electron chi connectivity index (χ4n) is 1.68. The van der Waals surface area contributed by atoms with Crippen LogP contribution in [-0.4, -0.2) is 30.8 Å². The Morgan fingerprint density at radius 1 is 1.53 bits per heavy atom. The highest BCUT2D eigenvalue weighted by Gasteiger charge is 2.24. The van der Waals surface area contributed by atoms with Crippen LogP contribution in [0, 0.1) is 5.92 Å². The van der Waals surface area contributed by atoms with Crippen LogP contribution in [0.1, 0.15) is 34.1 Å². The third kappa shape index (κ3) is 4.51. The second-order valence-corrected chi connectivity index (χ2v) is 5.21. The number of rotatable bonds is 2. The van der Waals surface area contributed by atoms with Gasteiger partial charge in [-0.25, -0.2) is 4.79 Å². The molecule has 0 aromatic carbocycles. The molecule has 2 N–H and O–H groups in total. The summed E-state index contributed by atoms with van der Waals surface area (Å²) in [5.74, 6) is 0.625. The van der Waals surface area contributed by atoms with Crippen molar-refractivity contribution in [3.63, 3.8) is 0 Å². The van der Waals surface area contributed by atoms with E-state index in [2.05, 4.69) is 17.6 Å². The first-order chi connectivity index (χ1) is 6.88. The molecule has 1 aliphatic heterocycles. The predicted molar refractivity (Wildman–Crippen MR) is 59.8 cm³/mol. The van der Waals surface area contributed by atoms with Gasteiger partial charge in [0.15, 0.2) is 0 Å². The largest absolute Gasteiger partial charge is 0.444 e. The summed E-state index contributed by atoms with van der Waals surface area (Å²) in [7, 11) is 0. The van der Waals surface area contributed by atoms with Gasteiger partial charge in [-0.2, -0.15) is 0 Å². The summed E-state index contributed by atoms with van der Waals surface area (Å²) < 4.78 is 5.15. The highest BCUT2D eigenvalue weighted by atomic mass is 16.6. The fraction of sp³-hybridized carbons (Fsp3) is 0.909. The summed E-state index contributed by atoms with van der Waals surface area (Å²) in [6.07, 6.45) is 0.851. The molecule has 1 saturated heterocycles. The van der Waals surface area contributed by atoms with E-state index in [1.54, 1.807) is 0 Å². The summed E-state index contributed by atoms with van der Waals surface area (Å²) in [5.41, 5.74) is -0.418. The Kier molecular flexibility index (Phi) is 3.97. The molecule has 0 spiro atoms. The summed E-state index contributed by atoms with van der Waals surface area (Å²) in [4.78, 5) is 11.4. The van der Waals surface area contributed by atoms with Crippen molar-refractivity contribution >= 4 is 6.09 Å². The summed E-state index contributed by atoms with van der Waals surface area (Å²) in [5, 5.41) is 6.14. The second kappa shape index (κ2) is 4.84. The normalized spacial score (nSPS) is 26.4. The maximum Gasteiger partial charge on any atom is 0.407 e. The average Bonchev–Trinajstić information content (AvgIpc) is 2.44. The molecule has 0 aromatic rings. The van der Waals surface area contributed by atoms with E-state index >= 15 is 0 Å². The van der Waals surface area contributed by atoms with E-state index in [9.17, 15) is 4.79 Å². The minimum atomic E-state index is -0.418. The van der Waals surface area contributed by atoms with Crippen molar-refractivity contribution in [2.45, 2.75) is 45.8 Å². The number of ether oxygens (including phenoxy) is 1. The molecule has 0 aliphatic carbocycles. The SMILES string of the molecule is C[C@@H]1CCN[C@@H]1CNC(=O)OC(C)(C)C. The predicted octanol–water partition coefficient (Wildman–Crippen LogP) is 1.51. The van der Waals surface area contributed by atoms with Crippen LogP contribution in [-0.2, 0) is 4.74 Å². The van der Waals surface area contributed by atoms with E-state index in [0.29, 0.717) is 18.5 Å². The van der Waals surface area contributed by atoms with E-state index in [4.69, 9.17) is 4.74 Å². The zero-order valence-corrected chi connectivity index (χ0v) is 10.1. The van der Waals surface area contributed by atoms with Crippen molar-refractivity contribution in [2.24, 2.45) is 5.92 Å². The first-order valence-corrected chi connectivity index (χ1v) is 5.59. The Balaban J connectivity index is 2.22. The van der Waals surface area contributed by atoms with Crippen molar-refractivity contribution in [3.8, 4) is 0 Å². The third-order valence-electron chi connectivity index (χ3n) is 2.56. The van der Waals surface area contributed by atoms with Crippen LogP contribution in [0.4, 0.5) is 4.79 Å². The van der Waals surface area contributed by atoms with Crippen molar-refractivity contribution in [3.05, 3.63) is 0 Å². The Hall–Kier alpha value is -0.770. The van der Waals surface area contributed by atoms with Gasteiger partial charge in [-0.05, 0) is 39.7 Å². The van der Waals surface area contributed by atoms with Crippen molar-refractivity contribution in [2.75, 3.05) is 13.1 Å². The number of amides is 1. The lowest BCUT2D eigenvalue weighted by atomic mass is 10.0. The summed E-state index contributed by atoms with van der Waals surface area (Å²) in [6, 6.07) is 0.387. The molecule has 15 heavy (non-hydrogen) atoms. The molecular weight excluding hydrogens is 192 g/mol. The van der Waals surface area contributed by atoms with Crippen LogP contribution in [0.3, 0.4) is 0 Å². The van der Waals surface area contributed by atoms with E-state index in [0.717, 1.165) is 6.54 Å². The standard InChI is InChI=1S/C11H22N2O2/c1-8-5-6-12-9(8)7-13-10(14)15-11(2,3)4/h8-9,12H,5-7H2,1-4H3,(H,13,14)/t8-,9-/m1/s1. The Morgan fingerprint density at radius 2 is 2.20 bits per heavy atom. The number of alkyl carbamates (subject to hydrolysis) is 1. The van der Waals surface area contributed by atoms with Crippen LogP contribution in [0.5, 0.6) is 0 Å². The van der Waals surface area contributed by atoms with Gasteiger partial charge in [-0.1, -0.05) is 6.92 Å². The molecule has 4 heteroatoms. The highest BCUT2D eigenvalue weighted by molar-refractivity contribution is 5.67. The maximum absolute atomic E-state index is 11.4. The van der Waals surface area contributed by atoms with Crippen LogP contribution >= 0.6 is 0 Å². The zero-order chi connectivity index (χ0) is 11.5. The van der Waals surface area contributed by atoms with E-state index < -0.39 is 5.60 Å². The number of carbonyl (C=O) groups excluding carboxylic acids is 1. The topological polar surface area (TPSA) is 50.4 Å². The lowest BCUT2D eigenvalue weighted by Crippen LogP contribution is -2.41. The van der Waals surface area contributed by atoms with E-state index in [1.165, 1.54) is 6.42 Å². The van der Waals surface area contributed by atoms with Gasteiger partial charge in [0.2, 0.25) is 0 Å². The van der Waals surface area contributed by atoms with Crippen LogP contribution < -0.4 is 10.6 Å². The monoisotopic (exact) mass is 214 g/mol. The second-order valence-electron chi connectivity index (χ2n) is 5.21. The molecule has 1 heterocycles. The van der Waals surface area contributed by atoms with Gasteiger partial charge in [-0.3, -0.25) is 0 Å². The molecule has 0 radical (unpaired) electrons. The van der Waals surface area contributed by atoms with E-state index in [1.807, 2.05) is 20.8 Å². The molecule has 0 aromatic heterocycles. The molecule has 88 valence electrons. The molecular formula is C11H22N2O2. The third-order valence-corrected chi connectivity index (χ3v) is 2.56. The van der Waals surface area contributed by atoms with Gasteiger partial charge < -0.3 is 15.4 Å². The molecule has 0 bridgehead atoms. The number of hydrogen-bond donors (Lipinski definition) is 2. The average molecular weight is 214 g/mol. The molecule has 1 amide bonds. The minimum Gasteiger partial charge on any atom is -0.444 e. The van der Waals surface area contributed by atoms with E-state index in [-0.39, 0.29) is 6.09 Å². The number of hydrogen-bond acceptors (Lipinski definition) is 3. The Bertz CT molecular complexity index is 223. The van der Waals surface area contributed by atoms with Crippen LogP contribution in [0.2, 0.25) is 0 Å². The highest BCUT2D eigenvalue weighted by Crippen LogP contribution is 2.13. The van der Waals surface area contributed by atoms with Gasteiger partial charge in [0.1, 0.15) is 5.60 Å². The Morgan fingerprint density at radius 3 is 2.67 bits per heavy atom. The first kappa shape index (κ1) is 12.3. The summed E-state index contributed by atoms with van der Waals surface area (Å²) in [6.45, 7) is 9.48. The lowest BCUT2D eigenvalue weighted by Gasteiger charge is -2.21. The smallest absolute Gasteiger partial charge is 0.407 e. The lowest BCUT2D eigenvalue weighted by molar-refractivity contribution is 0.0521.